The minimum atomic E-state index is -0.620. The number of carbonyl (C=O) groups is 2. The number of hydrazine groups is 1. The van der Waals surface area contributed by atoms with E-state index in [0.717, 1.165) is 53.4 Å². The van der Waals surface area contributed by atoms with Gasteiger partial charge in [-0.05, 0) is 37.4 Å². The van der Waals surface area contributed by atoms with E-state index in [4.69, 9.17) is 4.98 Å². The molecule has 0 aliphatic heterocycles. The van der Waals surface area contributed by atoms with Gasteiger partial charge in [-0.1, -0.05) is 79.1 Å². The minimum absolute atomic E-state index is 0.0990. The van der Waals surface area contributed by atoms with Gasteiger partial charge in [0.25, 0.3) is 5.91 Å². The Kier molecular flexibility index (Phi) is 7.92. The Morgan fingerprint density at radius 3 is 2.53 bits per heavy atom. The third kappa shape index (κ3) is 5.46. The molecule has 1 aliphatic carbocycles. The van der Waals surface area contributed by atoms with Crippen molar-refractivity contribution in [2.75, 3.05) is 12.5 Å². The molecule has 178 valence electrons. The van der Waals surface area contributed by atoms with E-state index in [1.165, 1.54) is 17.4 Å². The normalized spacial score (nSPS) is 15.9. The highest BCUT2D eigenvalue weighted by atomic mass is 32.1. The standard InChI is InChI=1S/C26H31N5O2S/c1-3-20(27-2)24(32)28-22(18-13-8-5-9-14-18)25(33)30-31-26-29-23-19(15-10-16-21(23)34-26)17-11-6-4-7-12-17/h3-4,6-7,10-12,15-16,18,20,22,27H,1,5,8-9,13-14H2,2H3,(H,28,32)(H,29,31)(H,30,33)/t20-,22?/m0/s1. The maximum absolute atomic E-state index is 13.2. The summed E-state index contributed by atoms with van der Waals surface area (Å²) in [5.74, 6) is -0.417. The van der Waals surface area contributed by atoms with Crippen LogP contribution >= 0.6 is 11.3 Å². The van der Waals surface area contributed by atoms with E-state index in [1.54, 1.807) is 7.05 Å². The van der Waals surface area contributed by atoms with E-state index in [-0.39, 0.29) is 17.7 Å². The second-order valence-corrected chi connectivity index (χ2v) is 9.57. The van der Waals surface area contributed by atoms with Crippen LogP contribution in [-0.2, 0) is 9.59 Å². The summed E-state index contributed by atoms with van der Waals surface area (Å²) in [6, 6.07) is 15.0. The van der Waals surface area contributed by atoms with Gasteiger partial charge in [0.15, 0.2) is 0 Å². The lowest BCUT2D eigenvalue weighted by molar-refractivity contribution is -0.130. The topological polar surface area (TPSA) is 95.2 Å². The smallest absolute Gasteiger partial charge is 0.261 e. The van der Waals surface area contributed by atoms with Gasteiger partial charge in [0, 0.05) is 5.56 Å². The van der Waals surface area contributed by atoms with Crippen molar-refractivity contribution in [2.24, 2.45) is 5.92 Å². The zero-order valence-corrected chi connectivity index (χ0v) is 20.2. The Morgan fingerprint density at radius 2 is 1.82 bits per heavy atom. The number of hydrogen-bond donors (Lipinski definition) is 4. The quantitative estimate of drug-likeness (QED) is 0.273. The molecular weight excluding hydrogens is 446 g/mol. The fraction of sp³-hybridized carbons (Fsp3) is 0.346. The van der Waals surface area contributed by atoms with Crippen LogP contribution in [0.15, 0.2) is 61.2 Å². The number of rotatable bonds is 9. The van der Waals surface area contributed by atoms with Crippen molar-refractivity contribution in [3.8, 4) is 11.1 Å². The fourth-order valence-corrected chi connectivity index (χ4v) is 5.36. The third-order valence-corrected chi connectivity index (χ3v) is 7.26. The molecule has 1 aromatic heterocycles. The Morgan fingerprint density at radius 1 is 1.06 bits per heavy atom. The van der Waals surface area contributed by atoms with Gasteiger partial charge in [-0.2, -0.15) is 0 Å². The highest BCUT2D eigenvalue weighted by Crippen LogP contribution is 2.33. The average molecular weight is 478 g/mol. The lowest BCUT2D eigenvalue weighted by atomic mass is 9.83. The van der Waals surface area contributed by atoms with Crippen LogP contribution in [0.5, 0.6) is 0 Å². The van der Waals surface area contributed by atoms with E-state index in [9.17, 15) is 9.59 Å². The molecule has 1 saturated carbocycles. The number of para-hydroxylation sites is 1. The molecule has 4 N–H and O–H groups in total. The van der Waals surface area contributed by atoms with Crippen LogP contribution in [0.4, 0.5) is 5.13 Å². The summed E-state index contributed by atoms with van der Waals surface area (Å²) in [5, 5.41) is 6.44. The molecule has 0 radical (unpaired) electrons. The molecule has 1 aliphatic rings. The number of anilines is 1. The maximum Gasteiger partial charge on any atom is 0.261 e. The molecule has 7 nitrogen and oxygen atoms in total. The van der Waals surface area contributed by atoms with Crippen LogP contribution in [0, 0.1) is 5.92 Å². The number of thiazole rings is 1. The number of hydrogen-bond acceptors (Lipinski definition) is 6. The van der Waals surface area contributed by atoms with Crippen LogP contribution in [0.1, 0.15) is 32.1 Å². The van der Waals surface area contributed by atoms with Gasteiger partial charge in [-0.25, -0.2) is 4.98 Å². The molecule has 2 atom stereocenters. The zero-order chi connectivity index (χ0) is 23.9. The number of aromatic nitrogens is 1. The number of nitrogens with zero attached hydrogens (tertiary/aromatic N) is 1. The fourth-order valence-electron chi connectivity index (χ4n) is 4.51. The molecule has 0 bridgehead atoms. The van der Waals surface area contributed by atoms with Gasteiger partial charge in [0.1, 0.15) is 12.1 Å². The third-order valence-electron chi connectivity index (χ3n) is 6.33. The number of benzene rings is 2. The van der Waals surface area contributed by atoms with Crippen LogP contribution in [0.2, 0.25) is 0 Å². The molecule has 2 aromatic carbocycles. The molecule has 0 saturated heterocycles. The second-order valence-electron chi connectivity index (χ2n) is 8.54. The van der Waals surface area contributed by atoms with Gasteiger partial charge in [-0.15, -0.1) is 6.58 Å². The Labute approximate surface area is 204 Å². The first-order chi connectivity index (χ1) is 16.6. The molecule has 4 rings (SSSR count). The van der Waals surface area contributed by atoms with Crippen molar-refractivity contribution in [1.29, 1.82) is 0 Å². The second kappa shape index (κ2) is 11.3. The molecule has 1 heterocycles. The average Bonchev–Trinajstić information content (AvgIpc) is 3.31. The monoisotopic (exact) mass is 477 g/mol. The van der Waals surface area contributed by atoms with E-state index in [1.807, 2.05) is 36.4 Å². The highest BCUT2D eigenvalue weighted by Gasteiger charge is 2.32. The predicted molar refractivity (Wildman–Crippen MR) is 138 cm³/mol. The van der Waals surface area contributed by atoms with E-state index < -0.39 is 12.1 Å². The van der Waals surface area contributed by atoms with Gasteiger partial charge in [-0.3, -0.25) is 20.4 Å². The Balaban J connectivity index is 1.49. The van der Waals surface area contributed by atoms with Crippen LogP contribution in [0.3, 0.4) is 0 Å². The van der Waals surface area contributed by atoms with Crippen LogP contribution < -0.4 is 21.5 Å². The van der Waals surface area contributed by atoms with Gasteiger partial charge in [0.05, 0.1) is 10.2 Å². The molecular formula is C26H31N5O2S. The summed E-state index contributed by atoms with van der Waals surface area (Å²) in [6.07, 6.45) is 6.66. The summed E-state index contributed by atoms with van der Waals surface area (Å²) in [5.41, 5.74) is 8.80. The summed E-state index contributed by atoms with van der Waals surface area (Å²) in [7, 11) is 1.69. The Hall–Kier alpha value is -3.23. The van der Waals surface area contributed by atoms with Crippen molar-refractivity contribution in [1.82, 2.24) is 21.0 Å². The molecule has 1 fully saturated rings. The molecule has 1 unspecified atom stereocenters. The zero-order valence-electron chi connectivity index (χ0n) is 19.3. The van der Waals surface area contributed by atoms with Crippen molar-refractivity contribution >= 4 is 38.5 Å². The van der Waals surface area contributed by atoms with Crippen molar-refractivity contribution in [3.05, 3.63) is 61.2 Å². The van der Waals surface area contributed by atoms with E-state index in [2.05, 4.69) is 40.2 Å². The molecule has 8 heteroatoms. The van der Waals surface area contributed by atoms with Gasteiger partial charge in [0.2, 0.25) is 11.0 Å². The summed E-state index contributed by atoms with van der Waals surface area (Å²) in [6.45, 7) is 3.70. The Bertz CT molecular complexity index is 1140. The number of likely N-dealkylation sites (N-methyl/N-ethyl adjacent to an activating group) is 1. The summed E-state index contributed by atoms with van der Waals surface area (Å²) in [4.78, 5) is 30.6. The number of carbonyl (C=O) groups excluding carboxylic acids is 2. The molecule has 2 amide bonds. The van der Waals surface area contributed by atoms with E-state index in [0.29, 0.717) is 5.13 Å². The number of amides is 2. The minimum Gasteiger partial charge on any atom is -0.342 e. The molecule has 34 heavy (non-hydrogen) atoms. The lowest BCUT2D eigenvalue weighted by Crippen LogP contribution is -2.55. The maximum atomic E-state index is 13.2. The first kappa shape index (κ1) is 23.9. The first-order valence-corrected chi connectivity index (χ1v) is 12.5. The van der Waals surface area contributed by atoms with E-state index >= 15 is 0 Å². The number of nitrogens with one attached hydrogen (secondary N) is 4. The van der Waals surface area contributed by atoms with Crippen LogP contribution in [0.25, 0.3) is 21.3 Å². The highest BCUT2D eigenvalue weighted by molar-refractivity contribution is 7.22. The number of fused-ring (bicyclic) bond motifs is 1. The van der Waals surface area contributed by atoms with Crippen LogP contribution in [-0.4, -0.2) is 35.9 Å². The SMILES string of the molecule is C=C[C@H](NC)C(=O)NC(C(=O)NNc1nc2c(-c3ccccc3)cccc2s1)C1CCCCC1. The van der Waals surface area contributed by atoms with Gasteiger partial charge >= 0.3 is 0 Å². The van der Waals surface area contributed by atoms with Crippen molar-refractivity contribution in [2.45, 2.75) is 44.2 Å². The predicted octanol–water partition coefficient (Wildman–Crippen LogP) is 4.25. The van der Waals surface area contributed by atoms with Crippen molar-refractivity contribution < 1.29 is 9.59 Å². The van der Waals surface area contributed by atoms with Crippen molar-refractivity contribution in [3.63, 3.8) is 0 Å². The lowest BCUT2D eigenvalue weighted by Gasteiger charge is -2.30. The van der Waals surface area contributed by atoms with Gasteiger partial charge < -0.3 is 10.6 Å². The molecule has 0 spiro atoms. The summed E-state index contributed by atoms with van der Waals surface area (Å²) < 4.78 is 1.03. The molecule has 3 aromatic rings. The summed E-state index contributed by atoms with van der Waals surface area (Å²) >= 11 is 1.47. The largest absolute Gasteiger partial charge is 0.342 e. The first-order valence-electron chi connectivity index (χ1n) is 11.7.